The Bertz CT molecular complexity index is 886. The molecular formula is C13H7Cl3F2N2O4. The van der Waals surface area contributed by atoms with E-state index in [1.165, 1.54) is 0 Å². The predicted octanol–water partition coefficient (Wildman–Crippen LogP) is 2.92. The minimum absolute atomic E-state index is 0.185. The van der Waals surface area contributed by atoms with Crippen molar-refractivity contribution in [3.63, 3.8) is 0 Å². The SMILES string of the molecule is COC(=O)c1[nH]c(=O)n(C(=O)C(Cl)(Cl)Cl)c1-c1ccc(F)c(F)c1. The van der Waals surface area contributed by atoms with E-state index in [2.05, 4.69) is 9.72 Å². The molecule has 6 nitrogen and oxygen atoms in total. The van der Waals surface area contributed by atoms with Crippen LogP contribution in [0.1, 0.15) is 15.3 Å². The van der Waals surface area contributed by atoms with Gasteiger partial charge in [0.05, 0.1) is 12.8 Å². The number of ether oxygens (including phenoxy) is 1. The zero-order valence-electron chi connectivity index (χ0n) is 11.7. The van der Waals surface area contributed by atoms with Gasteiger partial charge in [0.1, 0.15) is 0 Å². The number of aromatic amines is 1. The van der Waals surface area contributed by atoms with Crippen LogP contribution in [0.5, 0.6) is 0 Å². The Hall–Kier alpha value is -1.90. The van der Waals surface area contributed by atoms with Gasteiger partial charge in [-0.05, 0) is 18.2 Å². The average molecular weight is 400 g/mol. The summed E-state index contributed by atoms with van der Waals surface area (Å²) in [5.41, 5.74) is -2.22. The summed E-state index contributed by atoms with van der Waals surface area (Å²) < 4.78 is 28.9. The highest BCUT2D eigenvalue weighted by Gasteiger charge is 2.37. The summed E-state index contributed by atoms with van der Waals surface area (Å²) in [5.74, 6) is -4.80. The van der Waals surface area contributed by atoms with Crippen LogP contribution in [0, 0.1) is 11.6 Å². The van der Waals surface area contributed by atoms with Crippen LogP contribution < -0.4 is 5.69 Å². The van der Waals surface area contributed by atoms with Gasteiger partial charge in [0.2, 0.25) is 0 Å². The molecule has 0 fully saturated rings. The summed E-state index contributed by atoms with van der Waals surface area (Å²) in [6.45, 7) is 0. The minimum Gasteiger partial charge on any atom is -0.464 e. The quantitative estimate of drug-likeness (QED) is 0.622. The molecule has 0 saturated carbocycles. The van der Waals surface area contributed by atoms with E-state index in [1.807, 2.05) is 0 Å². The van der Waals surface area contributed by atoms with E-state index in [9.17, 15) is 23.2 Å². The topological polar surface area (TPSA) is 81.2 Å². The number of aromatic nitrogens is 2. The zero-order valence-corrected chi connectivity index (χ0v) is 14.0. The van der Waals surface area contributed by atoms with Crippen molar-refractivity contribution in [3.8, 4) is 11.3 Å². The van der Waals surface area contributed by atoms with Crippen LogP contribution in [0.25, 0.3) is 11.3 Å². The number of hydrogen-bond donors (Lipinski definition) is 1. The van der Waals surface area contributed by atoms with E-state index in [-0.39, 0.29) is 5.56 Å². The van der Waals surface area contributed by atoms with Crippen molar-refractivity contribution < 1.29 is 23.1 Å². The van der Waals surface area contributed by atoms with E-state index in [0.29, 0.717) is 10.6 Å². The van der Waals surface area contributed by atoms with Crippen molar-refractivity contribution in [2.24, 2.45) is 0 Å². The molecule has 1 N–H and O–H groups in total. The molecule has 0 saturated heterocycles. The minimum atomic E-state index is -2.53. The fraction of sp³-hybridized carbons (Fsp3) is 0.154. The Morgan fingerprint density at radius 1 is 1.21 bits per heavy atom. The Morgan fingerprint density at radius 3 is 2.33 bits per heavy atom. The van der Waals surface area contributed by atoms with Crippen LogP contribution in [-0.4, -0.2) is 32.3 Å². The second-order valence-electron chi connectivity index (χ2n) is 4.41. The van der Waals surface area contributed by atoms with Crippen molar-refractivity contribution in [2.45, 2.75) is 3.79 Å². The number of carbonyl (C=O) groups excluding carboxylic acids is 2. The highest BCUT2D eigenvalue weighted by molar-refractivity contribution is 6.76. The molecular weight excluding hydrogens is 393 g/mol. The van der Waals surface area contributed by atoms with Gasteiger partial charge in [0, 0.05) is 5.56 Å². The number of nitrogens with one attached hydrogen (secondary N) is 1. The lowest BCUT2D eigenvalue weighted by Gasteiger charge is -2.13. The van der Waals surface area contributed by atoms with E-state index in [0.717, 1.165) is 19.2 Å². The fourth-order valence-electron chi connectivity index (χ4n) is 1.92. The molecule has 11 heteroatoms. The first-order chi connectivity index (χ1) is 11.1. The summed E-state index contributed by atoms with van der Waals surface area (Å²) in [7, 11) is 1.02. The van der Waals surface area contributed by atoms with E-state index < -0.39 is 44.4 Å². The van der Waals surface area contributed by atoms with Crippen LogP contribution >= 0.6 is 34.8 Å². The fourth-order valence-corrected chi connectivity index (χ4v) is 2.18. The third-order valence-corrected chi connectivity index (χ3v) is 3.41. The van der Waals surface area contributed by atoms with Gasteiger partial charge in [-0.2, -0.15) is 0 Å². The molecule has 0 aliphatic rings. The Balaban J connectivity index is 2.84. The van der Waals surface area contributed by atoms with Gasteiger partial charge >= 0.3 is 11.7 Å². The monoisotopic (exact) mass is 398 g/mol. The molecule has 128 valence electrons. The second kappa shape index (κ2) is 6.54. The molecule has 0 amide bonds. The van der Waals surface area contributed by atoms with Crippen molar-refractivity contribution in [1.82, 2.24) is 9.55 Å². The molecule has 2 aromatic rings. The van der Waals surface area contributed by atoms with Crippen LogP contribution in [0.15, 0.2) is 23.0 Å². The highest BCUT2D eigenvalue weighted by Crippen LogP contribution is 2.31. The van der Waals surface area contributed by atoms with Gasteiger partial charge in [-0.15, -0.1) is 0 Å². The molecule has 0 spiro atoms. The van der Waals surface area contributed by atoms with E-state index >= 15 is 0 Å². The summed E-state index contributed by atoms with van der Waals surface area (Å²) in [6, 6.07) is 2.45. The van der Waals surface area contributed by atoms with E-state index in [1.54, 1.807) is 0 Å². The number of alkyl halides is 3. The molecule has 0 aliphatic heterocycles. The normalized spacial score (nSPS) is 11.4. The maximum Gasteiger partial charge on any atom is 0.356 e. The number of rotatable bonds is 2. The number of carbonyl (C=O) groups is 2. The molecule has 1 aromatic carbocycles. The van der Waals surface area contributed by atoms with Gasteiger partial charge in [-0.25, -0.2) is 22.9 Å². The van der Waals surface area contributed by atoms with Crippen molar-refractivity contribution in [2.75, 3.05) is 7.11 Å². The largest absolute Gasteiger partial charge is 0.464 e. The Kier molecular flexibility index (Phi) is 5.03. The molecule has 0 aliphatic carbocycles. The molecule has 0 unspecified atom stereocenters. The second-order valence-corrected chi connectivity index (χ2v) is 6.69. The van der Waals surface area contributed by atoms with Gasteiger partial charge in [-0.1, -0.05) is 34.8 Å². The smallest absolute Gasteiger partial charge is 0.356 e. The number of methoxy groups -OCH3 is 1. The maximum atomic E-state index is 13.5. The number of halogens is 5. The number of nitrogens with zero attached hydrogens (tertiary/aromatic N) is 1. The zero-order chi connectivity index (χ0) is 18.2. The number of esters is 1. The third kappa shape index (κ3) is 3.31. The van der Waals surface area contributed by atoms with Crippen LogP contribution in [0.2, 0.25) is 0 Å². The maximum absolute atomic E-state index is 13.5. The van der Waals surface area contributed by atoms with E-state index in [4.69, 9.17) is 34.8 Å². The molecule has 1 heterocycles. The van der Waals surface area contributed by atoms with Gasteiger partial charge in [0.15, 0.2) is 17.3 Å². The molecule has 1 aromatic heterocycles. The summed E-state index contributed by atoms with van der Waals surface area (Å²) in [5, 5.41) is 0. The standard InChI is InChI=1S/C13H7Cl3F2N2O4/c1-24-10(21)8-9(5-2-3-6(17)7(18)4-5)20(12(23)19-8)11(22)13(14,15)16/h2-4H,1H3,(H,19,23). The molecule has 0 radical (unpaired) electrons. The van der Waals surface area contributed by atoms with Gasteiger partial charge in [-0.3, -0.25) is 9.78 Å². The van der Waals surface area contributed by atoms with Crippen molar-refractivity contribution in [3.05, 3.63) is 46.0 Å². The molecule has 0 bridgehead atoms. The van der Waals surface area contributed by atoms with Crippen LogP contribution in [-0.2, 0) is 4.74 Å². The predicted molar refractivity (Wildman–Crippen MR) is 82.7 cm³/mol. The van der Waals surface area contributed by atoms with Crippen LogP contribution in [0.4, 0.5) is 8.78 Å². The lowest BCUT2D eigenvalue weighted by Crippen LogP contribution is -2.34. The van der Waals surface area contributed by atoms with Crippen molar-refractivity contribution in [1.29, 1.82) is 0 Å². The van der Waals surface area contributed by atoms with Gasteiger partial charge < -0.3 is 4.74 Å². The Morgan fingerprint density at radius 2 is 1.83 bits per heavy atom. The first-order valence-corrected chi connectivity index (χ1v) is 7.21. The molecule has 0 atom stereocenters. The third-order valence-electron chi connectivity index (χ3n) is 2.92. The summed E-state index contributed by atoms with van der Waals surface area (Å²) in [6.07, 6.45) is 0. The summed E-state index contributed by atoms with van der Waals surface area (Å²) >= 11 is 16.5. The number of benzene rings is 1. The summed E-state index contributed by atoms with van der Waals surface area (Å²) in [4.78, 5) is 38.1. The molecule has 24 heavy (non-hydrogen) atoms. The number of imidazole rings is 1. The number of H-pyrrole nitrogens is 1. The average Bonchev–Trinajstić information content (AvgIpc) is 2.84. The Labute approximate surface area is 147 Å². The highest BCUT2D eigenvalue weighted by atomic mass is 35.6. The first-order valence-electron chi connectivity index (χ1n) is 6.08. The van der Waals surface area contributed by atoms with Gasteiger partial charge in [0.25, 0.3) is 9.70 Å². The molecule has 2 rings (SSSR count). The first kappa shape index (κ1) is 18.4. The number of hydrogen-bond acceptors (Lipinski definition) is 4. The lowest BCUT2D eigenvalue weighted by molar-refractivity contribution is 0.0595. The van der Waals surface area contributed by atoms with Crippen molar-refractivity contribution >= 4 is 46.7 Å². The lowest BCUT2D eigenvalue weighted by atomic mass is 10.1. The van der Waals surface area contributed by atoms with Crippen LogP contribution in [0.3, 0.4) is 0 Å².